The number of aryl methyl sites for hydroxylation is 2. The zero-order valence-electron chi connectivity index (χ0n) is 25.8. The number of rotatable bonds is 1. The monoisotopic (exact) mass is 637 g/mol. The van der Waals surface area contributed by atoms with Gasteiger partial charge in [-0.3, -0.25) is 0 Å². The van der Waals surface area contributed by atoms with Crippen molar-refractivity contribution in [2.75, 3.05) is 0 Å². The predicted molar refractivity (Wildman–Crippen MR) is 168 cm³/mol. The Labute approximate surface area is 275 Å². The van der Waals surface area contributed by atoms with Crippen molar-refractivity contribution < 1.29 is 55.0 Å². The molecule has 0 saturated heterocycles. The van der Waals surface area contributed by atoms with Gasteiger partial charge < -0.3 is 35.0 Å². The second-order valence-corrected chi connectivity index (χ2v) is 12.6. The van der Waals surface area contributed by atoms with E-state index >= 15 is 0 Å². The van der Waals surface area contributed by atoms with E-state index in [1.54, 1.807) is 18.3 Å². The second kappa shape index (κ2) is 15.7. The van der Waals surface area contributed by atoms with E-state index in [1.165, 1.54) is 22.3 Å². The molecule has 3 nitrogen and oxygen atoms in total. The number of pyridine rings is 1. The summed E-state index contributed by atoms with van der Waals surface area (Å²) in [7, 11) is 0. The van der Waals surface area contributed by atoms with Crippen LogP contribution in [-0.4, -0.2) is 19.5 Å². The summed E-state index contributed by atoms with van der Waals surface area (Å²) >= 11 is 1.97. The Morgan fingerprint density at radius 3 is 1.33 bits per heavy atom. The van der Waals surface area contributed by atoms with E-state index in [4.69, 9.17) is 0 Å². The normalized spacial score (nSPS) is 10.7. The second-order valence-electron chi connectivity index (χ2n) is 12.2. The van der Waals surface area contributed by atoms with Crippen molar-refractivity contribution in [3.05, 3.63) is 113 Å². The molecule has 4 aromatic carbocycles. The molecule has 42 heavy (non-hydrogen) atoms. The van der Waals surface area contributed by atoms with E-state index in [0.717, 1.165) is 27.2 Å². The van der Waals surface area contributed by atoms with Gasteiger partial charge in [-0.25, -0.2) is 0 Å². The van der Waals surface area contributed by atoms with Gasteiger partial charge in [0.2, 0.25) is 0 Å². The molecule has 0 aliphatic heterocycles. The van der Waals surface area contributed by atoms with Crippen LogP contribution in [0.1, 0.15) is 69.5 Å². The molecule has 1 aromatic heterocycles. The molecule has 0 atom stereocenters. The first-order valence-corrected chi connectivity index (χ1v) is 14.5. The zero-order chi connectivity index (χ0) is 29.7. The summed E-state index contributed by atoms with van der Waals surface area (Å²) in [5, 5.41) is 24.4. The quantitative estimate of drug-likeness (QED) is 0.278. The first-order valence-electron chi connectivity index (χ1n) is 13.6. The van der Waals surface area contributed by atoms with E-state index in [2.05, 4.69) is 96.8 Å². The third-order valence-corrected chi connectivity index (χ3v) is 7.39. The summed E-state index contributed by atoms with van der Waals surface area (Å²) in [5.41, 5.74) is 5.94. The number of nitrogens with zero attached hydrogens (tertiary/aromatic N) is 1. The zero-order valence-corrected chi connectivity index (χ0v) is 28.8. The number of benzene rings is 4. The van der Waals surface area contributed by atoms with Gasteiger partial charge in [0.15, 0.2) is 0 Å². The summed E-state index contributed by atoms with van der Waals surface area (Å²) in [4.78, 5) is 4.04. The van der Waals surface area contributed by atoms with Gasteiger partial charge in [0.1, 0.15) is 11.5 Å². The van der Waals surface area contributed by atoms with Gasteiger partial charge in [-0.15, -0.1) is 0 Å². The van der Waals surface area contributed by atoms with Crippen molar-refractivity contribution in [2.45, 2.75) is 66.2 Å². The molecular formula is C36H41Cl2NO2Ti-2. The fourth-order valence-corrected chi connectivity index (χ4v) is 5.05. The fraction of sp³-hybridized carbons (Fsp3) is 0.278. The molecule has 0 unspecified atom stereocenters. The molecule has 0 aliphatic rings. The van der Waals surface area contributed by atoms with Crippen LogP contribution in [0.4, 0.5) is 0 Å². The Balaban J connectivity index is 0.000000324. The molecule has 0 radical (unpaired) electrons. The average molecular weight is 639 g/mol. The van der Waals surface area contributed by atoms with Gasteiger partial charge in [0.25, 0.3) is 0 Å². The van der Waals surface area contributed by atoms with Gasteiger partial charge in [0.05, 0.1) is 0 Å². The first kappa shape index (κ1) is 37.3. The van der Waals surface area contributed by atoms with Crippen molar-refractivity contribution in [3.63, 3.8) is 0 Å². The van der Waals surface area contributed by atoms with Crippen LogP contribution >= 0.6 is 0 Å². The van der Waals surface area contributed by atoms with Crippen LogP contribution in [-0.2, 0) is 30.8 Å². The molecule has 1 heterocycles. The Kier molecular flexibility index (Phi) is 13.9. The number of hydrogen-bond donors (Lipinski definition) is 2. The van der Waals surface area contributed by atoms with E-state index in [1.807, 2.05) is 54.6 Å². The molecule has 0 amide bonds. The molecular weight excluding hydrogens is 597 g/mol. The standard InChI is InChI=1S/2C15H18O.C6H5N.2ClH.Ti/c2*1-10-8-9-13(16)14-11(10)6-5-7-12(14)15(2,3)4;1-6-4-2-3-5-7-6;;;/h2*5-9,16H,1-4H3;1-5H;2*1H;/p-2. The minimum absolute atomic E-state index is 0. The van der Waals surface area contributed by atoms with Crippen LogP contribution in [0, 0.1) is 13.8 Å². The number of fused-ring (bicyclic) bond motifs is 2. The van der Waals surface area contributed by atoms with E-state index in [9.17, 15) is 10.2 Å². The van der Waals surface area contributed by atoms with Gasteiger partial charge in [0, 0.05) is 10.8 Å². The van der Waals surface area contributed by atoms with Crippen molar-refractivity contribution in [1.29, 1.82) is 0 Å². The van der Waals surface area contributed by atoms with Crippen molar-refractivity contribution in [1.82, 2.24) is 4.98 Å². The van der Waals surface area contributed by atoms with Crippen molar-refractivity contribution in [3.8, 4) is 11.5 Å². The molecule has 5 rings (SSSR count). The van der Waals surface area contributed by atoms with Crippen LogP contribution < -0.4 is 24.8 Å². The topological polar surface area (TPSA) is 53.4 Å². The van der Waals surface area contributed by atoms with Crippen LogP contribution in [0.5, 0.6) is 11.5 Å². The van der Waals surface area contributed by atoms with Crippen LogP contribution in [0.2, 0.25) is 0 Å². The van der Waals surface area contributed by atoms with Crippen LogP contribution in [0.3, 0.4) is 0 Å². The molecule has 0 saturated carbocycles. The number of hydrogen-bond acceptors (Lipinski definition) is 3. The summed E-state index contributed by atoms with van der Waals surface area (Å²) in [6.07, 6.45) is 1.79. The van der Waals surface area contributed by atoms with Gasteiger partial charge >= 0.3 is 59.4 Å². The average Bonchev–Trinajstić information content (AvgIpc) is 2.92. The fourth-order valence-electron chi connectivity index (χ4n) is 4.78. The molecule has 222 valence electrons. The van der Waals surface area contributed by atoms with Crippen molar-refractivity contribution >= 4 is 25.9 Å². The molecule has 6 heteroatoms. The Morgan fingerprint density at radius 2 is 1.02 bits per heavy atom. The summed E-state index contributed by atoms with van der Waals surface area (Å²) < 4.78 is 1.97. The van der Waals surface area contributed by atoms with Crippen LogP contribution in [0.15, 0.2) is 85.1 Å². The van der Waals surface area contributed by atoms with E-state index in [-0.39, 0.29) is 35.6 Å². The third kappa shape index (κ3) is 9.15. The number of halogens is 2. The molecule has 2 N–H and O–H groups in total. The first-order chi connectivity index (χ1) is 18.8. The van der Waals surface area contributed by atoms with Gasteiger partial charge in [-0.05, 0) is 69.8 Å². The molecule has 0 spiro atoms. The summed E-state index contributed by atoms with van der Waals surface area (Å²) in [6, 6.07) is 25.8. The number of aromatic hydroxyl groups is 2. The third-order valence-electron chi connectivity index (χ3n) is 6.92. The Bertz CT molecular complexity index is 1520. The summed E-state index contributed by atoms with van der Waals surface area (Å²) in [6.45, 7) is 17.2. The van der Waals surface area contributed by atoms with Crippen LogP contribution in [0.25, 0.3) is 21.5 Å². The number of phenols is 2. The molecule has 5 aromatic rings. The predicted octanol–water partition coefficient (Wildman–Crippen LogP) is 3.09. The maximum atomic E-state index is 10.0. The molecule has 0 aliphatic carbocycles. The summed E-state index contributed by atoms with van der Waals surface area (Å²) in [5.74, 6) is 0.761. The maximum absolute atomic E-state index is 10.0. The van der Waals surface area contributed by atoms with Gasteiger partial charge in [-0.1, -0.05) is 90.1 Å². The minimum atomic E-state index is 0. The van der Waals surface area contributed by atoms with Crippen molar-refractivity contribution in [2.24, 2.45) is 0 Å². The molecule has 0 bridgehead atoms. The van der Waals surface area contributed by atoms with E-state index in [0.29, 0.717) is 11.5 Å². The Morgan fingerprint density at radius 1 is 0.595 bits per heavy atom. The van der Waals surface area contributed by atoms with E-state index < -0.39 is 0 Å². The number of phenolic OH excluding ortho intramolecular Hbond substituents is 2. The number of aromatic nitrogens is 1. The van der Waals surface area contributed by atoms with Gasteiger partial charge in [-0.2, -0.15) is 0 Å². The SMILES string of the molecule is Cc1ccc(O)c2c(C(C)(C)C)cccc12.Cc1ccc(O)c2c(C(C)(C)C)cccc12.[Cl-].[Cl-].[Ti]=[CH]c1ccccn1. The Hall–Kier alpha value is -2.69. The molecule has 0 fully saturated rings.